The van der Waals surface area contributed by atoms with Gasteiger partial charge in [0.1, 0.15) is 11.6 Å². The number of allylic oxidation sites excluding steroid dienone is 1. The van der Waals surface area contributed by atoms with Gasteiger partial charge < -0.3 is 20.1 Å². The third kappa shape index (κ3) is 7.79. The molecular formula is C20H21ClFN3O4. The Kier molecular flexibility index (Phi) is 8.42. The molecule has 0 saturated heterocycles. The number of carbonyl (C=O) groups excluding carboxylic acids is 2. The van der Waals surface area contributed by atoms with Crippen LogP contribution in [0.5, 0.6) is 11.6 Å². The van der Waals surface area contributed by atoms with Gasteiger partial charge in [-0.25, -0.2) is 9.37 Å². The third-order valence-corrected chi connectivity index (χ3v) is 3.99. The molecule has 1 aromatic carbocycles. The van der Waals surface area contributed by atoms with Crippen molar-refractivity contribution in [2.24, 2.45) is 0 Å². The smallest absolute Gasteiger partial charge is 0.262 e. The summed E-state index contributed by atoms with van der Waals surface area (Å²) in [5.41, 5.74) is 1.04. The van der Waals surface area contributed by atoms with Crippen LogP contribution in [0.4, 0.5) is 4.39 Å². The van der Waals surface area contributed by atoms with E-state index in [1.165, 1.54) is 19.2 Å². The first-order valence-electron chi connectivity index (χ1n) is 8.69. The second-order valence-electron chi connectivity index (χ2n) is 5.96. The Labute approximate surface area is 172 Å². The predicted octanol–water partition coefficient (Wildman–Crippen LogP) is 2.99. The highest BCUT2D eigenvalue weighted by Gasteiger charge is 2.09. The van der Waals surface area contributed by atoms with Crippen LogP contribution < -0.4 is 20.1 Å². The number of amides is 2. The lowest BCUT2D eigenvalue weighted by Crippen LogP contribution is -2.29. The summed E-state index contributed by atoms with van der Waals surface area (Å²) in [6.45, 7) is 3.65. The molecule has 2 amide bonds. The maximum atomic E-state index is 13.3. The average molecular weight is 422 g/mol. The third-order valence-electron chi connectivity index (χ3n) is 3.69. The number of ether oxygens (including phenoxy) is 2. The van der Waals surface area contributed by atoms with Crippen LogP contribution >= 0.6 is 11.6 Å². The molecule has 2 N–H and O–H groups in total. The summed E-state index contributed by atoms with van der Waals surface area (Å²) < 4.78 is 23.5. The average Bonchev–Trinajstić information content (AvgIpc) is 2.71. The van der Waals surface area contributed by atoms with Gasteiger partial charge in [0.05, 0.1) is 24.4 Å². The summed E-state index contributed by atoms with van der Waals surface area (Å²) in [6, 6.07) is 9.15. The Morgan fingerprint density at radius 2 is 2.00 bits per heavy atom. The number of aromatic nitrogens is 1. The summed E-state index contributed by atoms with van der Waals surface area (Å²) in [7, 11) is 1.52. The number of rotatable bonds is 10. The molecule has 0 radical (unpaired) electrons. The van der Waals surface area contributed by atoms with E-state index in [9.17, 15) is 14.0 Å². The van der Waals surface area contributed by atoms with Crippen molar-refractivity contribution in [3.63, 3.8) is 0 Å². The van der Waals surface area contributed by atoms with Crippen molar-refractivity contribution < 1.29 is 23.5 Å². The first-order chi connectivity index (χ1) is 13.9. The zero-order valence-corrected chi connectivity index (χ0v) is 16.6. The van der Waals surface area contributed by atoms with Crippen molar-refractivity contribution in [1.29, 1.82) is 0 Å². The largest absolute Gasteiger partial charge is 0.484 e. The minimum atomic E-state index is -0.635. The Bertz CT molecular complexity index is 892. The van der Waals surface area contributed by atoms with Gasteiger partial charge in [0.25, 0.3) is 5.91 Å². The van der Waals surface area contributed by atoms with Gasteiger partial charge in [0.2, 0.25) is 11.8 Å². The van der Waals surface area contributed by atoms with Crippen molar-refractivity contribution in [3.8, 4) is 11.6 Å². The summed E-state index contributed by atoms with van der Waals surface area (Å²) in [6.07, 6.45) is 0.408. The minimum absolute atomic E-state index is 0.0318. The van der Waals surface area contributed by atoms with E-state index in [1.54, 1.807) is 18.2 Å². The highest BCUT2D eigenvalue weighted by atomic mass is 35.5. The molecule has 9 heteroatoms. The number of nitrogens with one attached hydrogen (secondary N) is 2. The Hall–Kier alpha value is -3.13. The molecule has 1 heterocycles. The van der Waals surface area contributed by atoms with Gasteiger partial charge in [-0.1, -0.05) is 24.2 Å². The lowest BCUT2D eigenvalue weighted by molar-refractivity contribution is -0.123. The molecule has 0 atom stereocenters. The number of pyridine rings is 1. The van der Waals surface area contributed by atoms with E-state index in [4.69, 9.17) is 21.1 Å². The van der Waals surface area contributed by atoms with Crippen molar-refractivity contribution in [2.75, 3.05) is 13.7 Å². The molecule has 7 nitrogen and oxygen atoms in total. The van der Waals surface area contributed by atoms with E-state index < -0.39 is 11.7 Å². The van der Waals surface area contributed by atoms with E-state index in [1.807, 2.05) is 0 Å². The monoisotopic (exact) mass is 421 g/mol. The van der Waals surface area contributed by atoms with Gasteiger partial charge in [-0.05, 0) is 24.6 Å². The van der Waals surface area contributed by atoms with Crippen LogP contribution in [0.15, 0.2) is 48.7 Å². The second kappa shape index (κ2) is 11.0. The van der Waals surface area contributed by atoms with Crippen molar-refractivity contribution in [3.05, 3.63) is 65.2 Å². The number of nitrogens with zero attached hydrogens (tertiary/aromatic N) is 1. The first kappa shape index (κ1) is 22.2. The molecule has 0 aliphatic rings. The maximum Gasteiger partial charge on any atom is 0.262 e. The topological polar surface area (TPSA) is 89.5 Å². The predicted molar refractivity (Wildman–Crippen MR) is 106 cm³/mol. The zero-order chi connectivity index (χ0) is 21.2. The number of methoxy groups -OCH3 is 1. The van der Waals surface area contributed by atoms with E-state index in [2.05, 4.69) is 22.2 Å². The standard InChI is InChI=1S/C20H21ClFN3O4/c1-13(24-19(27)12-29-15-7-8-16(21)17(22)10-15)6-9-18(26)23-11-14-4-3-5-20(25-14)28-2/h3-5,7-8,10H,1,6,9,11-12H2,2H3,(H,23,26)(H,24,27). The normalized spacial score (nSPS) is 10.2. The van der Waals surface area contributed by atoms with Crippen LogP contribution in [0.1, 0.15) is 18.5 Å². The Balaban J connectivity index is 1.66. The number of hydrogen-bond donors (Lipinski definition) is 2. The van der Waals surface area contributed by atoms with Crippen LogP contribution in [0.3, 0.4) is 0 Å². The summed E-state index contributed by atoms with van der Waals surface area (Å²) in [4.78, 5) is 28.0. The Morgan fingerprint density at radius 3 is 2.72 bits per heavy atom. The molecule has 0 saturated carbocycles. The van der Waals surface area contributed by atoms with Gasteiger partial charge in [-0.3, -0.25) is 9.59 Å². The van der Waals surface area contributed by atoms with Crippen LogP contribution in [0.2, 0.25) is 5.02 Å². The molecular weight excluding hydrogens is 401 g/mol. The van der Waals surface area contributed by atoms with Crippen LogP contribution in [0.25, 0.3) is 0 Å². The van der Waals surface area contributed by atoms with Gasteiger partial charge in [0, 0.05) is 24.3 Å². The zero-order valence-electron chi connectivity index (χ0n) is 15.8. The highest BCUT2D eigenvalue weighted by molar-refractivity contribution is 6.30. The van der Waals surface area contributed by atoms with E-state index in [-0.39, 0.29) is 42.7 Å². The fraction of sp³-hybridized carbons (Fsp3) is 0.250. The summed E-state index contributed by atoms with van der Waals surface area (Å²) in [5.74, 6) is -0.664. The quantitative estimate of drug-likeness (QED) is 0.615. The van der Waals surface area contributed by atoms with Crippen molar-refractivity contribution >= 4 is 23.4 Å². The second-order valence-corrected chi connectivity index (χ2v) is 6.37. The number of hydrogen-bond acceptors (Lipinski definition) is 5. The molecule has 2 aromatic rings. The SMILES string of the molecule is C=C(CCC(=O)NCc1cccc(OC)n1)NC(=O)COc1ccc(Cl)c(F)c1. The molecule has 1 aromatic heterocycles. The van der Waals surface area contributed by atoms with Crippen LogP contribution in [0, 0.1) is 5.82 Å². The summed E-state index contributed by atoms with van der Waals surface area (Å²) in [5, 5.41) is 5.24. The van der Waals surface area contributed by atoms with Gasteiger partial charge in [-0.2, -0.15) is 0 Å². The lowest BCUT2D eigenvalue weighted by atomic mass is 10.2. The van der Waals surface area contributed by atoms with Crippen LogP contribution in [-0.4, -0.2) is 30.5 Å². The van der Waals surface area contributed by atoms with Crippen LogP contribution in [-0.2, 0) is 16.1 Å². The number of halogens is 2. The molecule has 2 rings (SSSR count). The molecule has 0 unspecified atom stereocenters. The van der Waals surface area contributed by atoms with Crippen molar-refractivity contribution in [1.82, 2.24) is 15.6 Å². The molecule has 0 spiro atoms. The van der Waals surface area contributed by atoms with E-state index >= 15 is 0 Å². The first-order valence-corrected chi connectivity index (χ1v) is 9.07. The number of benzene rings is 1. The minimum Gasteiger partial charge on any atom is -0.484 e. The highest BCUT2D eigenvalue weighted by Crippen LogP contribution is 2.20. The molecule has 0 aliphatic heterocycles. The van der Waals surface area contributed by atoms with E-state index in [0.29, 0.717) is 17.3 Å². The number of carbonyl (C=O) groups is 2. The van der Waals surface area contributed by atoms with Crippen molar-refractivity contribution in [2.45, 2.75) is 19.4 Å². The molecule has 154 valence electrons. The fourth-order valence-corrected chi connectivity index (χ4v) is 2.34. The molecule has 0 fully saturated rings. The molecule has 0 aliphatic carbocycles. The van der Waals surface area contributed by atoms with E-state index in [0.717, 1.165) is 6.07 Å². The van der Waals surface area contributed by atoms with Gasteiger partial charge in [-0.15, -0.1) is 0 Å². The molecule has 0 bridgehead atoms. The molecule has 29 heavy (non-hydrogen) atoms. The fourth-order valence-electron chi connectivity index (χ4n) is 2.22. The Morgan fingerprint density at radius 1 is 1.21 bits per heavy atom. The van der Waals surface area contributed by atoms with Gasteiger partial charge in [0.15, 0.2) is 6.61 Å². The maximum absolute atomic E-state index is 13.3. The lowest BCUT2D eigenvalue weighted by Gasteiger charge is -2.10. The van der Waals surface area contributed by atoms with Gasteiger partial charge >= 0.3 is 0 Å². The summed E-state index contributed by atoms with van der Waals surface area (Å²) >= 11 is 5.58.